The van der Waals surface area contributed by atoms with Crippen molar-refractivity contribution in [3.8, 4) is 0 Å². The Kier molecular flexibility index (Phi) is 4.32. The molecule has 1 saturated heterocycles. The van der Waals surface area contributed by atoms with Crippen molar-refractivity contribution in [2.45, 2.75) is 32.7 Å². The van der Waals surface area contributed by atoms with E-state index in [1.807, 2.05) is 26.0 Å². The highest BCUT2D eigenvalue weighted by Crippen LogP contribution is 2.19. The minimum Gasteiger partial charge on any atom is -0.481 e. The lowest BCUT2D eigenvalue weighted by Crippen LogP contribution is -2.46. The molecule has 6 heteroatoms. The fourth-order valence-corrected chi connectivity index (χ4v) is 2.36. The van der Waals surface area contributed by atoms with Crippen molar-refractivity contribution in [2.24, 2.45) is 5.92 Å². The molecule has 0 radical (unpaired) electrons. The summed E-state index contributed by atoms with van der Waals surface area (Å²) in [5, 5.41) is 11.8. The number of carbonyl (C=O) groups is 2. The number of rotatable bonds is 3. The van der Waals surface area contributed by atoms with Crippen LogP contribution in [0.2, 0.25) is 0 Å². The first-order valence-corrected chi connectivity index (χ1v) is 6.82. The lowest BCUT2D eigenvalue weighted by atomic mass is 9.97. The third-order valence-electron chi connectivity index (χ3n) is 3.66. The maximum atomic E-state index is 12.1. The molecule has 0 bridgehead atoms. The molecule has 2 rings (SSSR count). The fourth-order valence-electron chi connectivity index (χ4n) is 2.36. The maximum Gasteiger partial charge on any atom is 0.317 e. The molecule has 2 N–H and O–H groups in total. The molecule has 1 atom stereocenters. The monoisotopic (exact) mass is 280 g/mol. The van der Waals surface area contributed by atoms with Gasteiger partial charge in [-0.15, -0.1) is 0 Å². The number of aliphatic carboxylic acids is 1. The highest BCUT2D eigenvalue weighted by molar-refractivity contribution is 5.75. The van der Waals surface area contributed by atoms with Crippen LogP contribution in [0.15, 0.2) is 16.5 Å². The minimum atomic E-state index is -0.774. The van der Waals surface area contributed by atoms with E-state index in [1.165, 1.54) is 0 Å². The van der Waals surface area contributed by atoms with Gasteiger partial charge in [0.05, 0.1) is 12.0 Å². The molecule has 20 heavy (non-hydrogen) atoms. The number of amides is 2. The molecule has 2 amide bonds. The van der Waals surface area contributed by atoms with Gasteiger partial charge in [0.2, 0.25) is 0 Å². The number of carboxylic acid groups (broad SMARTS) is 1. The summed E-state index contributed by atoms with van der Waals surface area (Å²) in [4.78, 5) is 24.6. The van der Waals surface area contributed by atoms with Crippen LogP contribution in [0, 0.1) is 12.8 Å². The van der Waals surface area contributed by atoms with Crippen LogP contribution in [0.25, 0.3) is 0 Å². The van der Waals surface area contributed by atoms with Crippen LogP contribution in [-0.2, 0) is 4.79 Å². The van der Waals surface area contributed by atoms with E-state index in [1.54, 1.807) is 4.90 Å². The molecule has 1 unspecified atom stereocenters. The topological polar surface area (TPSA) is 82.8 Å². The van der Waals surface area contributed by atoms with Crippen molar-refractivity contribution >= 4 is 12.0 Å². The summed E-state index contributed by atoms with van der Waals surface area (Å²) in [6.45, 7) is 4.67. The molecule has 1 aromatic heterocycles. The van der Waals surface area contributed by atoms with Crippen LogP contribution in [0.1, 0.15) is 37.3 Å². The Morgan fingerprint density at radius 2 is 2.05 bits per heavy atom. The third-order valence-corrected chi connectivity index (χ3v) is 3.66. The Hall–Kier alpha value is -1.98. The summed E-state index contributed by atoms with van der Waals surface area (Å²) in [5.41, 5.74) is 0. The fraction of sp³-hybridized carbons (Fsp3) is 0.571. The molecule has 1 aliphatic rings. The summed E-state index contributed by atoms with van der Waals surface area (Å²) >= 11 is 0. The van der Waals surface area contributed by atoms with Crippen LogP contribution in [-0.4, -0.2) is 35.1 Å². The standard InChI is InChI=1S/C14H20N2O4/c1-9-3-4-12(20-9)10(2)15-14(19)16-7-5-11(6-8-16)13(17)18/h3-4,10-11H,5-8H2,1-2H3,(H,15,19)(H,17,18). The number of hydrogen-bond donors (Lipinski definition) is 2. The van der Waals surface area contributed by atoms with Gasteiger partial charge in [-0.2, -0.15) is 0 Å². The van der Waals surface area contributed by atoms with Crippen LogP contribution in [0.3, 0.4) is 0 Å². The molecule has 6 nitrogen and oxygen atoms in total. The predicted octanol–water partition coefficient (Wildman–Crippen LogP) is 2.16. The second-order valence-corrected chi connectivity index (χ2v) is 5.22. The molecule has 0 aliphatic carbocycles. The number of carbonyl (C=O) groups excluding carboxylic acids is 1. The molecule has 2 heterocycles. The lowest BCUT2D eigenvalue weighted by Gasteiger charge is -2.31. The zero-order chi connectivity index (χ0) is 14.7. The van der Waals surface area contributed by atoms with Gasteiger partial charge in [0, 0.05) is 13.1 Å². The summed E-state index contributed by atoms with van der Waals surface area (Å²) in [6.07, 6.45) is 1.02. The van der Waals surface area contributed by atoms with Gasteiger partial charge >= 0.3 is 12.0 Å². The van der Waals surface area contributed by atoms with Gasteiger partial charge in [0.15, 0.2) is 0 Å². The summed E-state index contributed by atoms with van der Waals surface area (Å²) in [5.74, 6) is 0.424. The molecule has 0 aromatic carbocycles. The molecule has 1 fully saturated rings. The lowest BCUT2D eigenvalue weighted by molar-refractivity contribution is -0.143. The number of carboxylic acids is 1. The van der Waals surface area contributed by atoms with Crippen LogP contribution < -0.4 is 5.32 Å². The number of urea groups is 1. The smallest absolute Gasteiger partial charge is 0.317 e. The predicted molar refractivity (Wildman–Crippen MR) is 72.3 cm³/mol. The molecule has 1 aromatic rings. The van der Waals surface area contributed by atoms with Gasteiger partial charge in [-0.1, -0.05) is 0 Å². The first kappa shape index (κ1) is 14.4. The number of piperidine rings is 1. The SMILES string of the molecule is Cc1ccc(C(C)NC(=O)N2CCC(C(=O)O)CC2)o1. The van der Waals surface area contributed by atoms with Crippen LogP contribution in [0.4, 0.5) is 4.79 Å². The second kappa shape index (κ2) is 5.98. The Morgan fingerprint density at radius 1 is 1.40 bits per heavy atom. The molecule has 0 spiro atoms. The van der Waals surface area contributed by atoms with E-state index in [9.17, 15) is 9.59 Å². The highest BCUT2D eigenvalue weighted by Gasteiger charge is 2.27. The van der Waals surface area contributed by atoms with E-state index in [-0.39, 0.29) is 18.0 Å². The van der Waals surface area contributed by atoms with E-state index >= 15 is 0 Å². The van der Waals surface area contributed by atoms with Crippen molar-refractivity contribution in [2.75, 3.05) is 13.1 Å². The molecular weight excluding hydrogens is 260 g/mol. The van der Waals surface area contributed by atoms with Crippen molar-refractivity contribution in [1.82, 2.24) is 10.2 Å². The number of aryl methyl sites for hydroxylation is 1. The Morgan fingerprint density at radius 3 is 2.55 bits per heavy atom. The highest BCUT2D eigenvalue weighted by atomic mass is 16.4. The minimum absolute atomic E-state index is 0.171. The normalized spacial score (nSPS) is 17.8. The molecule has 1 aliphatic heterocycles. The third kappa shape index (κ3) is 3.31. The van der Waals surface area contributed by atoms with Gasteiger partial charge in [0.1, 0.15) is 11.5 Å². The van der Waals surface area contributed by atoms with E-state index < -0.39 is 5.97 Å². The maximum absolute atomic E-state index is 12.1. The first-order valence-electron chi connectivity index (χ1n) is 6.82. The van der Waals surface area contributed by atoms with E-state index in [2.05, 4.69) is 5.32 Å². The molecule has 110 valence electrons. The number of likely N-dealkylation sites (tertiary alicyclic amines) is 1. The van der Waals surface area contributed by atoms with Crippen molar-refractivity contribution < 1.29 is 19.1 Å². The second-order valence-electron chi connectivity index (χ2n) is 5.22. The van der Waals surface area contributed by atoms with E-state index in [0.29, 0.717) is 25.9 Å². The Balaban J connectivity index is 1.85. The summed E-state index contributed by atoms with van der Waals surface area (Å²) < 4.78 is 5.47. The molecular formula is C14H20N2O4. The average Bonchev–Trinajstić information content (AvgIpc) is 2.85. The quantitative estimate of drug-likeness (QED) is 0.888. The number of hydrogen-bond acceptors (Lipinski definition) is 3. The van der Waals surface area contributed by atoms with Gasteiger partial charge in [-0.3, -0.25) is 4.79 Å². The van der Waals surface area contributed by atoms with Crippen molar-refractivity contribution in [3.05, 3.63) is 23.7 Å². The average molecular weight is 280 g/mol. The Bertz CT molecular complexity index is 489. The molecule has 0 saturated carbocycles. The largest absolute Gasteiger partial charge is 0.481 e. The number of nitrogens with one attached hydrogen (secondary N) is 1. The number of nitrogens with zero attached hydrogens (tertiary/aromatic N) is 1. The Labute approximate surface area is 117 Å². The van der Waals surface area contributed by atoms with Crippen LogP contribution in [0.5, 0.6) is 0 Å². The van der Waals surface area contributed by atoms with Gasteiger partial charge < -0.3 is 19.7 Å². The first-order chi connectivity index (χ1) is 9.47. The zero-order valence-corrected chi connectivity index (χ0v) is 11.8. The van der Waals surface area contributed by atoms with Gasteiger partial charge in [-0.25, -0.2) is 4.79 Å². The summed E-state index contributed by atoms with van der Waals surface area (Å²) in [6, 6.07) is 3.33. The van der Waals surface area contributed by atoms with E-state index in [4.69, 9.17) is 9.52 Å². The van der Waals surface area contributed by atoms with Crippen molar-refractivity contribution in [1.29, 1.82) is 0 Å². The van der Waals surface area contributed by atoms with Gasteiger partial charge in [0.25, 0.3) is 0 Å². The summed E-state index contributed by atoms with van der Waals surface area (Å²) in [7, 11) is 0. The zero-order valence-electron chi connectivity index (χ0n) is 11.8. The van der Waals surface area contributed by atoms with Crippen molar-refractivity contribution in [3.63, 3.8) is 0 Å². The number of furan rings is 1. The van der Waals surface area contributed by atoms with Crippen LogP contribution >= 0.6 is 0 Å². The van der Waals surface area contributed by atoms with E-state index in [0.717, 1.165) is 11.5 Å². The van der Waals surface area contributed by atoms with Gasteiger partial charge in [-0.05, 0) is 38.8 Å².